The molecule has 0 amide bonds. The zero-order valence-corrected chi connectivity index (χ0v) is 18.7. The van der Waals surface area contributed by atoms with E-state index in [0.29, 0.717) is 5.78 Å². The molecule has 0 radical (unpaired) electrons. The van der Waals surface area contributed by atoms with E-state index in [1.54, 1.807) is 11.4 Å². The van der Waals surface area contributed by atoms with Crippen LogP contribution in [0.5, 0.6) is 0 Å². The minimum Gasteiger partial charge on any atom is -0.467 e. The number of fused-ring (bicyclic) bond motifs is 3. The van der Waals surface area contributed by atoms with Crippen molar-refractivity contribution in [1.82, 2.24) is 23.1 Å². The van der Waals surface area contributed by atoms with Crippen LogP contribution in [-0.4, -0.2) is 36.2 Å². The number of hydrogen-bond acceptors (Lipinski definition) is 5. The molecule has 0 saturated carbocycles. The number of aryl methyl sites for hydroxylation is 4. The zero-order chi connectivity index (χ0) is 22.8. The van der Waals surface area contributed by atoms with E-state index >= 15 is 0 Å². The van der Waals surface area contributed by atoms with Gasteiger partial charge in [-0.3, -0.25) is 18.3 Å². The average Bonchev–Trinajstić information content (AvgIpc) is 3.23. The van der Waals surface area contributed by atoms with Gasteiger partial charge in [-0.1, -0.05) is 6.07 Å². The van der Waals surface area contributed by atoms with Crippen LogP contribution in [0.4, 0.5) is 0 Å². The lowest BCUT2D eigenvalue weighted by atomic mass is 10.1. The average molecular weight is 423 g/mol. The fraction of sp³-hybridized carbons (Fsp3) is 0.364. The van der Waals surface area contributed by atoms with Gasteiger partial charge < -0.3 is 4.74 Å². The molecule has 9 heteroatoms. The molecule has 0 saturated heterocycles. The Labute approximate surface area is 178 Å². The second-order valence-electron chi connectivity index (χ2n) is 7.91. The van der Waals surface area contributed by atoms with E-state index in [9.17, 15) is 14.4 Å². The van der Waals surface area contributed by atoms with Crippen LogP contribution >= 0.6 is 0 Å². The summed E-state index contributed by atoms with van der Waals surface area (Å²) >= 11 is 0. The van der Waals surface area contributed by atoms with Gasteiger partial charge in [0, 0.05) is 24.1 Å². The van der Waals surface area contributed by atoms with Gasteiger partial charge in [0.2, 0.25) is 5.78 Å². The Morgan fingerprint density at radius 1 is 1.06 bits per heavy atom. The van der Waals surface area contributed by atoms with E-state index in [1.807, 2.05) is 44.4 Å². The number of hydrogen-bond donors (Lipinski definition) is 0. The topological polar surface area (TPSA) is 92.5 Å². The van der Waals surface area contributed by atoms with Gasteiger partial charge in [0.25, 0.3) is 5.56 Å². The summed E-state index contributed by atoms with van der Waals surface area (Å²) in [6, 6.07) is 5.05. The van der Waals surface area contributed by atoms with Crippen molar-refractivity contribution in [2.45, 2.75) is 40.7 Å². The third-order valence-electron chi connectivity index (χ3n) is 6.15. The van der Waals surface area contributed by atoms with Gasteiger partial charge in [-0.15, -0.1) is 0 Å². The second kappa shape index (κ2) is 6.97. The molecule has 9 nitrogen and oxygen atoms in total. The Balaban J connectivity index is 2.16. The molecule has 0 aliphatic heterocycles. The molecule has 4 rings (SSSR count). The third kappa shape index (κ3) is 2.76. The van der Waals surface area contributed by atoms with Crippen LogP contribution in [0.15, 0.2) is 27.8 Å². The summed E-state index contributed by atoms with van der Waals surface area (Å²) in [6.07, 6.45) is 0. The fourth-order valence-corrected chi connectivity index (χ4v) is 4.01. The SMILES string of the molecule is COC(=O)[C@H](C)n1c(=O)c2c(nc3n(-c4ccc(C)c(C)c4)c(C)c(C)n23)n(C)c1=O. The Morgan fingerprint density at radius 3 is 2.35 bits per heavy atom. The minimum absolute atomic E-state index is 0.246. The summed E-state index contributed by atoms with van der Waals surface area (Å²) in [5.41, 5.74) is 4.29. The number of esters is 1. The molecule has 0 bridgehead atoms. The first kappa shape index (κ1) is 20.6. The van der Waals surface area contributed by atoms with E-state index in [-0.39, 0.29) is 11.2 Å². The van der Waals surface area contributed by atoms with Crippen LogP contribution in [-0.2, 0) is 16.6 Å². The number of carbonyl (C=O) groups excluding carboxylic acids is 1. The first-order chi connectivity index (χ1) is 14.6. The molecule has 1 aromatic carbocycles. The van der Waals surface area contributed by atoms with Crippen molar-refractivity contribution in [1.29, 1.82) is 0 Å². The standard InChI is InChI=1S/C22H25N5O4/c1-11-8-9-16(10-12(11)2)25-13(3)14(4)26-17-18(23-21(25)26)24(6)22(30)27(19(17)28)15(5)20(29)31-7/h8-10,15H,1-7H3/t15-/m0/s1. The number of ether oxygens (including phenoxy) is 1. The first-order valence-corrected chi connectivity index (χ1v) is 9.97. The van der Waals surface area contributed by atoms with E-state index in [4.69, 9.17) is 4.74 Å². The molecule has 0 fully saturated rings. The monoisotopic (exact) mass is 423 g/mol. The van der Waals surface area contributed by atoms with Crippen molar-refractivity contribution < 1.29 is 9.53 Å². The van der Waals surface area contributed by atoms with Crippen LogP contribution in [0, 0.1) is 27.7 Å². The van der Waals surface area contributed by atoms with E-state index < -0.39 is 23.3 Å². The Morgan fingerprint density at radius 2 is 1.74 bits per heavy atom. The zero-order valence-electron chi connectivity index (χ0n) is 18.7. The molecule has 31 heavy (non-hydrogen) atoms. The van der Waals surface area contributed by atoms with Gasteiger partial charge in [-0.05, 0) is 57.9 Å². The predicted octanol–water partition coefficient (Wildman–Crippen LogP) is 2.11. The number of imidazole rings is 2. The lowest BCUT2D eigenvalue weighted by Crippen LogP contribution is -2.43. The smallest absolute Gasteiger partial charge is 0.333 e. The molecule has 3 aromatic heterocycles. The molecule has 0 spiro atoms. The summed E-state index contributed by atoms with van der Waals surface area (Å²) in [5.74, 6) is -0.135. The van der Waals surface area contributed by atoms with Gasteiger partial charge in [0.1, 0.15) is 6.04 Å². The normalized spacial score (nSPS) is 12.6. The highest BCUT2D eigenvalue weighted by Crippen LogP contribution is 2.25. The molecule has 4 aromatic rings. The van der Waals surface area contributed by atoms with E-state index in [1.165, 1.54) is 24.2 Å². The molecule has 0 unspecified atom stereocenters. The van der Waals surface area contributed by atoms with E-state index in [2.05, 4.69) is 11.1 Å². The number of nitrogens with zero attached hydrogens (tertiary/aromatic N) is 5. The fourth-order valence-electron chi connectivity index (χ4n) is 4.01. The highest BCUT2D eigenvalue weighted by atomic mass is 16.5. The van der Waals surface area contributed by atoms with Crippen molar-refractivity contribution in [3.8, 4) is 5.69 Å². The highest BCUT2D eigenvalue weighted by molar-refractivity contribution is 5.78. The summed E-state index contributed by atoms with van der Waals surface area (Å²) in [6.45, 7) is 9.42. The molecule has 162 valence electrons. The maximum Gasteiger partial charge on any atom is 0.333 e. The highest BCUT2D eigenvalue weighted by Gasteiger charge is 2.27. The van der Waals surface area contributed by atoms with Gasteiger partial charge >= 0.3 is 11.7 Å². The van der Waals surface area contributed by atoms with Gasteiger partial charge in [-0.25, -0.2) is 14.2 Å². The summed E-state index contributed by atoms with van der Waals surface area (Å²) in [7, 11) is 2.76. The number of carbonyl (C=O) groups is 1. The van der Waals surface area contributed by atoms with Crippen LogP contribution in [0.25, 0.3) is 22.6 Å². The molecule has 3 heterocycles. The quantitative estimate of drug-likeness (QED) is 0.471. The summed E-state index contributed by atoms with van der Waals surface area (Å²) in [4.78, 5) is 43.1. The van der Waals surface area contributed by atoms with Crippen molar-refractivity contribution in [2.75, 3.05) is 7.11 Å². The van der Waals surface area contributed by atoms with Crippen molar-refractivity contribution in [2.24, 2.45) is 7.05 Å². The van der Waals surface area contributed by atoms with Crippen molar-refractivity contribution in [3.63, 3.8) is 0 Å². The van der Waals surface area contributed by atoms with Crippen LogP contribution in [0.1, 0.15) is 35.5 Å². The maximum absolute atomic E-state index is 13.4. The lowest BCUT2D eigenvalue weighted by molar-refractivity contribution is -0.144. The molecular weight excluding hydrogens is 398 g/mol. The van der Waals surface area contributed by atoms with Crippen molar-refractivity contribution in [3.05, 3.63) is 61.6 Å². The predicted molar refractivity (Wildman–Crippen MR) is 117 cm³/mol. The lowest BCUT2D eigenvalue weighted by Gasteiger charge is -2.13. The van der Waals surface area contributed by atoms with Crippen molar-refractivity contribution >= 4 is 22.9 Å². The molecule has 0 N–H and O–H groups in total. The number of rotatable bonds is 3. The molecule has 0 aliphatic rings. The Hall–Kier alpha value is -3.62. The van der Waals surface area contributed by atoms with Gasteiger partial charge in [0.15, 0.2) is 11.2 Å². The van der Waals surface area contributed by atoms with Crippen LogP contribution in [0.3, 0.4) is 0 Å². The first-order valence-electron chi connectivity index (χ1n) is 9.97. The van der Waals surface area contributed by atoms with Crippen LogP contribution in [0.2, 0.25) is 0 Å². The van der Waals surface area contributed by atoms with Crippen LogP contribution < -0.4 is 11.2 Å². The van der Waals surface area contributed by atoms with Gasteiger partial charge in [-0.2, -0.15) is 4.98 Å². The third-order valence-corrected chi connectivity index (χ3v) is 6.15. The largest absolute Gasteiger partial charge is 0.467 e. The minimum atomic E-state index is -1.06. The Kier molecular flexibility index (Phi) is 4.64. The maximum atomic E-state index is 13.4. The second-order valence-corrected chi connectivity index (χ2v) is 7.91. The molecule has 1 atom stereocenters. The summed E-state index contributed by atoms with van der Waals surface area (Å²) in [5, 5.41) is 0. The number of benzene rings is 1. The van der Waals surface area contributed by atoms with Gasteiger partial charge in [0.05, 0.1) is 7.11 Å². The Bertz CT molecular complexity index is 1500. The van der Waals surface area contributed by atoms with E-state index in [0.717, 1.165) is 27.2 Å². The summed E-state index contributed by atoms with van der Waals surface area (Å²) < 4.78 is 10.7. The molecular formula is C22H25N5O4. The number of aromatic nitrogens is 5. The molecule has 0 aliphatic carbocycles. The number of methoxy groups -OCH3 is 1.